The summed E-state index contributed by atoms with van der Waals surface area (Å²) >= 11 is 0. The molecule has 1 aromatic carbocycles. The second kappa shape index (κ2) is 3.77. The van der Waals surface area contributed by atoms with Gasteiger partial charge in [0.25, 0.3) is 0 Å². The van der Waals surface area contributed by atoms with Crippen LogP contribution in [-0.4, -0.2) is 25.1 Å². The summed E-state index contributed by atoms with van der Waals surface area (Å²) in [5.74, 6) is 1.78. The van der Waals surface area contributed by atoms with Gasteiger partial charge >= 0.3 is 0 Å². The van der Waals surface area contributed by atoms with Crippen molar-refractivity contribution in [2.45, 2.75) is 31.7 Å². The van der Waals surface area contributed by atoms with Crippen molar-refractivity contribution < 1.29 is 4.74 Å². The van der Waals surface area contributed by atoms with Crippen LogP contribution in [-0.2, 0) is 0 Å². The van der Waals surface area contributed by atoms with Crippen molar-refractivity contribution in [2.75, 3.05) is 20.2 Å². The Balaban J connectivity index is 2.02. The van der Waals surface area contributed by atoms with E-state index in [1.165, 1.54) is 25.9 Å². The molecule has 1 aromatic rings. The maximum absolute atomic E-state index is 5.33. The van der Waals surface area contributed by atoms with Crippen molar-refractivity contribution in [1.29, 1.82) is 0 Å². The first-order valence-electron chi connectivity index (χ1n) is 6.25. The van der Waals surface area contributed by atoms with Crippen LogP contribution in [0.3, 0.4) is 0 Å². The predicted molar refractivity (Wildman–Crippen MR) is 65.0 cm³/mol. The molecule has 0 amide bonds. The zero-order valence-electron chi connectivity index (χ0n) is 10.1. The highest BCUT2D eigenvalue weighted by molar-refractivity contribution is 5.44. The van der Waals surface area contributed by atoms with Gasteiger partial charge in [-0.3, -0.25) is 4.90 Å². The van der Waals surface area contributed by atoms with Crippen molar-refractivity contribution >= 4 is 0 Å². The molecule has 2 heteroatoms. The van der Waals surface area contributed by atoms with Crippen LogP contribution >= 0.6 is 0 Å². The Hall–Kier alpha value is -1.02. The predicted octanol–water partition coefficient (Wildman–Crippen LogP) is 2.95. The third-order valence-electron chi connectivity index (χ3n) is 4.21. The molecule has 3 rings (SSSR count). The standard InChI is InChI=1S/C14H19NO/c1-3-15-7-6-10-8-14(15)12-5-4-11(16-2)9-13(10)12/h4-5,9-10,14H,3,6-8H2,1-2H3/t10-,14+/m1/s1. The lowest BCUT2D eigenvalue weighted by atomic mass is 9.95. The van der Waals surface area contributed by atoms with Crippen LogP contribution in [0.2, 0.25) is 0 Å². The molecule has 1 aliphatic carbocycles. The van der Waals surface area contributed by atoms with E-state index >= 15 is 0 Å². The highest BCUT2D eigenvalue weighted by Crippen LogP contribution is 2.49. The lowest BCUT2D eigenvalue weighted by Gasteiger charge is -2.32. The van der Waals surface area contributed by atoms with Crippen LogP contribution < -0.4 is 4.74 Å². The molecule has 1 heterocycles. The van der Waals surface area contributed by atoms with E-state index in [0.29, 0.717) is 6.04 Å². The molecule has 0 aromatic heterocycles. The fourth-order valence-corrected chi connectivity index (χ4v) is 3.34. The van der Waals surface area contributed by atoms with E-state index in [1.54, 1.807) is 18.2 Å². The maximum atomic E-state index is 5.33. The second-order valence-electron chi connectivity index (χ2n) is 4.86. The Labute approximate surface area is 97.2 Å². The maximum Gasteiger partial charge on any atom is 0.119 e. The number of hydrogen-bond acceptors (Lipinski definition) is 2. The minimum Gasteiger partial charge on any atom is -0.497 e. The summed E-state index contributed by atoms with van der Waals surface area (Å²) in [7, 11) is 1.75. The average Bonchev–Trinajstić information content (AvgIpc) is 2.64. The zero-order chi connectivity index (χ0) is 11.1. The van der Waals surface area contributed by atoms with Gasteiger partial charge in [0.1, 0.15) is 5.75 Å². The number of nitrogens with zero attached hydrogens (tertiary/aromatic N) is 1. The molecular weight excluding hydrogens is 198 g/mol. The van der Waals surface area contributed by atoms with Crippen LogP contribution in [0.25, 0.3) is 0 Å². The largest absolute Gasteiger partial charge is 0.497 e. The fourth-order valence-electron chi connectivity index (χ4n) is 3.34. The Morgan fingerprint density at radius 1 is 1.38 bits per heavy atom. The number of hydrogen-bond donors (Lipinski definition) is 0. The van der Waals surface area contributed by atoms with Crippen molar-refractivity contribution in [3.63, 3.8) is 0 Å². The molecule has 0 spiro atoms. The molecule has 2 nitrogen and oxygen atoms in total. The highest BCUT2D eigenvalue weighted by atomic mass is 16.5. The van der Waals surface area contributed by atoms with Gasteiger partial charge in [-0.25, -0.2) is 0 Å². The molecule has 1 fully saturated rings. The molecule has 86 valence electrons. The van der Waals surface area contributed by atoms with Crippen LogP contribution in [0.15, 0.2) is 18.2 Å². The lowest BCUT2D eigenvalue weighted by molar-refractivity contribution is 0.161. The number of rotatable bonds is 2. The van der Waals surface area contributed by atoms with Gasteiger partial charge in [-0.2, -0.15) is 0 Å². The number of methoxy groups -OCH3 is 1. The fraction of sp³-hybridized carbons (Fsp3) is 0.571. The van der Waals surface area contributed by atoms with Gasteiger partial charge < -0.3 is 4.74 Å². The lowest BCUT2D eigenvalue weighted by Crippen LogP contribution is -2.31. The summed E-state index contributed by atoms with van der Waals surface area (Å²) in [5.41, 5.74) is 3.09. The minimum atomic E-state index is 0.671. The first kappa shape index (κ1) is 10.2. The molecule has 1 saturated heterocycles. The summed E-state index contributed by atoms with van der Waals surface area (Å²) < 4.78 is 5.33. The van der Waals surface area contributed by atoms with E-state index in [-0.39, 0.29) is 0 Å². The SMILES string of the molecule is CCN1CC[C@@H]2C[C@H]1c1ccc(OC)cc12. The summed E-state index contributed by atoms with van der Waals surface area (Å²) in [6.45, 7) is 4.69. The average molecular weight is 217 g/mol. The number of likely N-dealkylation sites (tertiary alicyclic amines) is 1. The van der Waals surface area contributed by atoms with E-state index in [0.717, 1.165) is 11.7 Å². The molecule has 2 bridgehead atoms. The molecule has 0 unspecified atom stereocenters. The van der Waals surface area contributed by atoms with Gasteiger partial charge in [0.05, 0.1) is 7.11 Å². The number of piperidine rings is 1. The molecule has 0 saturated carbocycles. The quantitative estimate of drug-likeness (QED) is 0.755. The zero-order valence-corrected chi connectivity index (χ0v) is 10.1. The number of benzene rings is 1. The van der Waals surface area contributed by atoms with Crippen molar-refractivity contribution in [2.24, 2.45) is 0 Å². The Kier molecular flexibility index (Phi) is 2.40. The third kappa shape index (κ3) is 1.36. The molecule has 0 radical (unpaired) electrons. The monoisotopic (exact) mass is 217 g/mol. The van der Waals surface area contributed by atoms with Gasteiger partial charge in [0.15, 0.2) is 0 Å². The summed E-state index contributed by atoms with van der Waals surface area (Å²) in [6, 6.07) is 7.30. The molecular formula is C14H19NO. The van der Waals surface area contributed by atoms with E-state index in [2.05, 4.69) is 30.0 Å². The van der Waals surface area contributed by atoms with Crippen molar-refractivity contribution in [1.82, 2.24) is 4.90 Å². The van der Waals surface area contributed by atoms with Gasteiger partial charge in [0.2, 0.25) is 0 Å². The third-order valence-corrected chi connectivity index (χ3v) is 4.21. The first-order valence-corrected chi connectivity index (χ1v) is 6.25. The van der Waals surface area contributed by atoms with Gasteiger partial charge in [0, 0.05) is 6.04 Å². The van der Waals surface area contributed by atoms with Gasteiger partial charge in [-0.05, 0) is 55.1 Å². The van der Waals surface area contributed by atoms with Gasteiger partial charge in [-0.15, -0.1) is 0 Å². The summed E-state index contributed by atoms with van der Waals surface area (Å²) in [5, 5.41) is 0. The topological polar surface area (TPSA) is 12.5 Å². The molecule has 16 heavy (non-hydrogen) atoms. The molecule has 2 atom stereocenters. The van der Waals surface area contributed by atoms with Crippen LogP contribution in [0.1, 0.15) is 42.9 Å². The van der Waals surface area contributed by atoms with E-state index < -0.39 is 0 Å². The Morgan fingerprint density at radius 2 is 2.25 bits per heavy atom. The summed E-state index contributed by atoms with van der Waals surface area (Å²) in [6.07, 6.45) is 2.63. The Morgan fingerprint density at radius 3 is 3.00 bits per heavy atom. The number of fused-ring (bicyclic) bond motifs is 5. The molecule has 2 aliphatic rings. The minimum absolute atomic E-state index is 0.671. The van der Waals surface area contributed by atoms with E-state index in [1.807, 2.05) is 0 Å². The first-order chi connectivity index (χ1) is 7.83. The smallest absolute Gasteiger partial charge is 0.119 e. The normalized spacial score (nSPS) is 27.9. The van der Waals surface area contributed by atoms with E-state index in [4.69, 9.17) is 4.74 Å². The van der Waals surface area contributed by atoms with Gasteiger partial charge in [-0.1, -0.05) is 13.0 Å². The van der Waals surface area contributed by atoms with E-state index in [9.17, 15) is 0 Å². The summed E-state index contributed by atoms with van der Waals surface area (Å²) in [4.78, 5) is 2.61. The van der Waals surface area contributed by atoms with Crippen LogP contribution in [0, 0.1) is 0 Å². The van der Waals surface area contributed by atoms with Crippen LogP contribution in [0.4, 0.5) is 0 Å². The molecule has 1 aliphatic heterocycles. The number of ether oxygens (including phenoxy) is 1. The second-order valence-corrected chi connectivity index (χ2v) is 4.86. The molecule has 0 N–H and O–H groups in total. The highest BCUT2D eigenvalue weighted by Gasteiger charge is 2.38. The van der Waals surface area contributed by atoms with Crippen LogP contribution in [0.5, 0.6) is 5.75 Å². The Bertz CT molecular complexity index is 402. The van der Waals surface area contributed by atoms with Crippen molar-refractivity contribution in [3.8, 4) is 5.75 Å². The van der Waals surface area contributed by atoms with Crippen molar-refractivity contribution in [3.05, 3.63) is 29.3 Å².